The molecule has 2 N–H and O–H groups in total. The van der Waals surface area contributed by atoms with E-state index in [1.165, 1.54) is 0 Å². The minimum atomic E-state index is 0. The number of nitrogens with one attached hydrogen (secondary N) is 2. The fourth-order valence-corrected chi connectivity index (χ4v) is 2.54. The van der Waals surface area contributed by atoms with Crippen molar-refractivity contribution >= 4 is 29.9 Å². The SMILES string of the molecule is CN=C(NCc1cccc(OC)c1)NCc1ccc(C)cc1OCCOC.I. The van der Waals surface area contributed by atoms with E-state index < -0.39 is 0 Å². The Balaban J connectivity index is 0.00000392. The number of hydrogen-bond donors (Lipinski definition) is 2. The third kappa shape index (κ3) is 7.93. The second-order valence-electron chi connectivity index (χ2n) is 6.08. The van der Waals surface area contributed by atoms with Gasteiger partial charge in [-0.2, -0.15) is 0 Å². The summed E-state index contributed by atoms with van der Waals surface area (Å²) >= 11 is 0. The van der Waals surface area contributed by atoms with Gasteiger partial charge in [-0.15, -0.1) is 24.0 Å². The van der Waals surface area contributed by atoms with Gasteiger partial charge in [-0.25, -0.2) is 0 Å². The van der Waals surface area contributed by atoms with E-state index in [0.717, 1.165) is 34.1 Å². The van der Waals surface area contributed by atoms with Crippen molar-refractivity contribution in [2.45, 2.75) is 20.0 Å². The number of aliphatic imine (C=N–C) groups is 1. The number of guanidine groups is 1. The zero-order valence-electron chi connectivity index (χ0n) is 17.0. The standard InChI is InChI=1S/C21H29N3O3.HI/c1-16-8-9-18(20(12-16)27-11-10-25-3)15-24-21(22-2)23-14-17-6-5-7-19(13-17)26-4;/h5-9,12-13H,10-11,14-15H2,1-4H3,(H2,22,23,24);1H. The molecule has 0 aliphatic carbocycles. The molecule has 0 amide bonds. The maximum atomic E-state index is 5.84. The van der Waals surface area contributed by atoms with Gasteiger partial charge < -0.3 is 24.8 Å². The third-order valence-corrected chi connectivity index (χ3v) is 4.03. The number of nitrogens with zero attached hydrogens (tertiary/aromatic N) is 1. The van der Waals surface area contributed by atoms with Crippen molar-refractivity contribution < 1.29 is 14.2 Å². The molecule has 0 bridgehead atoms. The molecule has 2 aromatic carbocycles. The molecule has 0 atom stereocenters. The van der Waals surface area contributed by atoms with E-state index >= 15 is 0 Å². The van der Waals surface area contributed by atoms with E-state index in [1.54, 1.807) is 21.3 Å². The van der Waals surface area contributed by atoms with Gasteiger partial charge in [0.15, 0.2) is 5.96 Å². The number of benzene rings is 2. The van der Waals surface area contributed by atoms with E-state index in [9.17, 15) is 0 Å². The van der Waals surface area contributed by atoms with E-state index in [0.29, 0.717) is 26.3 Å². The van der Waals surface area contributed by atoms with Gasteiger partial charge in [-0.1, -0.05) is 24.3 Å². The molecule has 2 rings (SSSR count). The van der Waals surface area contributed by atoms with Crippen LogP contribution in [0.3, 0.4) is 0 Å². The zero-order chi connectivity index (χ0) is 19.5. The molecule has 154 valence electrons. The van der Waals surface area contributed by atoms with Gasteiger partial charge >= 0.3 is 0 Å². The second kappa shape index (κ2) is 13.2. The second-order valence-corrected chi connectivity index (χ2v) is 6.08. The smallest absolute Gasteiger partial charge is 0.191 e. The lowest BCUT2D eigenvalue weighted by atomic mass is 10.1. The molecule has 0 unspecified atom stereocenters. The summed E-state index contributed by atoms with van der Waals surface area (Å²) in [7, 11) is 5.09. The molecular weight excluding hydrogens is 469 g/mol. The van der Waals surface area contributed by atoms with Crippen molar-refractivity contribution in [3.63, 3.8) is 0 Å². The van der Waals surface area contributed by atoms with Crippen LogP contribution in [0.2, 0.25) is 0 Å². The Hall–Kier alpha value is -2.00. The van der Waals surface area contributed by atoms with Gasteiger partial charge in [0.05, 0.1) is 13.7 Å². The molecule has 0 fully saturated rings. The van der Waals surface area contributed by atoms with E-state index in [2.05, 4.69) is 34.7 Å². The highest BCUT2D eigenvalue weighted by atomic mass is 127. The Morgan fingerprint density at radius 2 is 1.79 bits per heavy atom. The lowest BCUT2D eigenvalue weighted by Gasteiger charge is -2.15. The largest absolute Gasteiger partial charge is 0.497 e. The Morgan fingerprint density at radius 3 is 2.50 bits per heavy atom. The molecule has 0 saturated carbocycles. The Kier molecular flexibility index (Phi) is 11.4. The topological polar surface area (TPSA) is 64.1 Å². The summed E-state index contributed by atoms with van der Waals surface area (Å²) in [6.07, 6.45) is 0. The fraction of sp³-hybridized carbons (Fsp3) is 0.381. The summed E-state index contributed by atoms with van der Waals surface area (Å²) in [6.45, 7) is 4.40. The lowest BCUT2D eigenvalue weighted by molar-refractivity contribution is 0.145. The summed E-state index contributed by atoms with van der Waals surface area (Å²) in [5.41, 5.74) is 3.35. The van der Waals surface area contributed by atoms with Crippen LogP contribution >= 0.6 is 24.0 Å². The zero-order valence-corrected chi connectivity index (χ0v) is 19.3. The molecule has 0 spiro atoms. The maximum Gasteiger partial charge on any atom is 0.191 e. The number of rotatable bonds is 9. The molecule has 2 aromatic rings. The molecule has 0 radical (unpaired) electrons. The molecule has 28 heavy (non-hydrogen) atoms. The van der Waals surface area contributed by atoms with Crippen LogP contribution in [0.1, 0.15) is 16.7 Å². The number of halogens is 1. The van der Waals surface area contributed by atoms with Gasteiger partial charge in [0, 0.05) is 32.8 Å². The van der Waals surface area contributed by atoms with Gasteiger partial charge in [0.2, 0.25) is 0 Å². The Bertz CT molecular complexity index is 753. The summed E-state index contributed by atoms with van der Waals surface area (Å²) in [5, 5.41) is 6.64. The first-order valence-corrected chi connectivity index (χ1v) is 8.95. The average Bonchev–Trinajstić information content (AvgIpc) is 2.69. The number of aryl methyl sites for hydroxylation is 1. The Labute approximate surface area is 184 Å². The van der Waals surface area contributed by atoms with Crippen molar-refractivity contribution in [2.24, 2.45) is 4.99 Å². The van der Waals surface area contributed by atoms with Crippen molar-refractivity contribution in [3.05, 3.63) is 59.2 Å². The summed E-state index contributed by atoms with van der Waals surface area (Å²) in [4.78, 5) is 4.29. The monoisotopic (exact) mass is 499 g/mol. The van der Waals surface area contributed by atoms with Gasteiger partial charge in [-0.3, -0.25) is 4.99 Å². The first-order valence-electron chi connectivity index (χ1n) is 8.95. The van der Waals surface area contributed by atoms with Crippen molar-refractivity contribution in [3.8, 4) is 11.5 Å². The molecule has 6 nitrogen and oxygen atoms in total. The van der Waals surface area contributed by atoms with Crippen molar-refractivity contribution in [2.75, 3.05) is 34.5 Å². The highest BCUT2D eigenvalue weighted by Crippen LogP contribution is 2.20. The summed E-state index contributed by atoms with van der Waals surface area (Å²) in [6, 6.07) is 14.1. The van der Waals surface area contributed by atoms with Gasteiger partial charge in [-0.05, 0) is 36.2 Å². The molecule has 0 aromatic heterocycles. The van der Waals surface area contributed by atoms with Gasteiger partial charge in [0.1, 0.15) is 18.1 Å². The van der Waals surface area contributed by atoms with Crippen LogP contribution in [-0.4, -0.2) is 40.4 Å². The first kappa shape index (κ1) is 24.0. The molecule has 0 aliphatic heterocycles. The highest BCUT2D eigenvalue weighted by Gasteiger charge is 2.06. The molecule has 0 heterocycles. The maximum absolute atomic E-state index is 5.84. The van der Waals surface area contributed by atoms with Crippen LogP contribution in [0.4, 0.5) is 0 Å². The number of ether oxygens (including phenoxy) is 3. The van der Waals surface area contributed by atoms with Crippen LogP contribution in [-0.2, 0) is 17.8 Å². The predicted molar refractivity (Wildman–Crippen MR) is 124 cm³/mol. The number of hydrogen-bond acceptors (Lipinski definition) is 4. The summed E-state index contributed by atoms with van der Waals surface area (Å²) in [5.74, 6) is 2.43. The van der Waals surface area contributed by atoms with Crippen LogP contribution in [0.25, 0.3) is 0 Å². The average molecular weight is 499 g/mol. The molecule has 7 heteroatoms. The fourth-order valence-electron chi connectivity index (χ4n) is 2.54. The summed E-state index contributed by atoms with van der Waals surface area (Å²) < 4.78 is 16.2. The van der Waals surface area contributed by atoms with E-state index in [1.807, 2.05) is 30.3 Å². The minimum Gasteiger partial charge on any atom is -0.497 e. The highest BCUT2D eigenvalue weighted by molar-refractivity contribution is 14.0. The molecule has 0 saturated heterocycles. The van der Waals surface area contributed by atoms with Crippen molar-refractivity contribution in [1.29, 1.82) is 0 Å². The van der Waals surface area contributed by atoms with Crippen LogP contribution in [0.5, 0.6) is 11.5 Å². The van der Waals surface area contributed by atoms with E-state index in [4.69, 9.17) is 14.2 Å². The van der Waals surface area contributed by atoms with Gasteiger partial charge in [0.25, 0.3) is 0 Å². The van der Waals surface area contributed by atoms with Crippen LogP contribution in [0.15, 0.2) is 47.5 Å². The minimum absolute atomic E-state index is 0. The quantitative estimate of drug-likeness (QED) is 0.239. The Morgan fingerprint density at radius 1 is 1.00 bits per heavy atom. The van der Waals surface area contributed by atoms with Crippen molar-refractivity contribution in [1.82, 2.24) is 10.6 Å². The first-order chi connectivity index (χ1) is 13.2. The molecule has 0 aliphatic rings. The normalized spacial score (nSPS) is 10.8. The molecular formula is C21H30IN3O3. The van der Waals surface area contributed by atoms with Crippen LogP contribution in [0, 0.1) is 6.92 Å². The van der Waals surface area contributed by atoms with Crippen LogP contribution < -0.4 is 20.1 Å². The van der Waals surface area contributed by atoms with E-state index in [-0.39, 0.29) is 24.0 Å². The number of methoxy groups -OCH3 is 2. The third-order valence-electron chi connectivity index (χ3n) is 4.03. The predicted octanol–water partition coefficient (Wildman–Crippen LogP) is 3.51. The lowest BCUT2D eigenvalue weighted by Crippen LogP contribution is -2.36.